The maximum absolute atomic E-state index is 12.5. The lowest BCUT2D eigenvalue weighted by Gasteiger charge is -2.08. The SMILES string of the molecule is FC(F)c1ccc(CNc2cccc3cn[nH]c23)cc1. The molecule has 0 unspecified atom stereocenters. The molecule has 3 nitrogen and oxygen atoms in total. The number of nitrogens with zero attached hydrogens (tertiary/aromatic N) is 1. The molecule has 0 fully saturated rings. The number of halogens is 2. The smallest absolute Gasteiger partial charge is 0.263 e. The lowest BCUT2D eigenvalue weighted by atomic mass is 10.1. The number of H-pyrrole nitrogens is 1. The monoisotopic (exact) mass is 273 g/mol. The summed E-state index contributed by atoms with van der Waals surface area (Å²) in [5, 5.41) is 11.2. The van der Waals surface area contributed by atoms with Crippen molar-refractivity contribution >= 4 is 16.6 Å². The fourth-order valence-electron chi connectivity index (χ4n) is 2.09. The van der Waals surface area contributed by atoms with E-state index in [1.807, 2.05) is 18.2 Å². The first-order valence-electron chi connectivity index (χ1n) is 6.27. The van der Waals surface area contributed by atoms with Gasteiger partial charge in [0.15, 0.2) is 0 Å². The van der Waals surface area contributed by atoms with Crippen LogP contribution >= 0.6 is 0 Å². The summed E-state index contributed by atoms with van der Waals surface area (Å²) in [6.45, 7) is 0.571. The van der Waals surface area contributed by atoms with E-state index in [-0.39, 0.29) is 5.56 Å². The third-order valence-electron chi connectivity index (χ3n) is 3.19. The van der Waals surface area contributed by atoms with Crippen LogP contribution in [0.4, 0.5) is 14.5 Å². The second-order valence-corrected chi connectivity index (χ2v) is 4.54. The summed E-state index contributed by atoms with van der Waals surface area (Å²) in [7, 11) is 0. The molecule has 0 radical (unpaired) electrons. The van der Waals surface area contributed by atoms with E-state index in [2.05, 4.69) is 15.5 Å². The molecule has 102 valence electrons. The number of para-hydroxylation sites is 1. The van der Waals surface area contributed by atoms with Gasteiger partial charge in [0.25, 0.3) is 6.43 Å². The van der Waals surface area contributed by atoms with E-state index in [1.165, 1.54) is 12.1 Å². The molecule has 0 saturated heterocycles. The van der Waals surface area contributed by atoms with Crippen molar-refractivity contribution in [3.05, 3.63) is 59.8 Å². The summed E-state index contributed by atoms with van der Waals surface area (Å²) >= 11 is 0. The molecule has 0 aliphatic rings. The summed E-state index contributed by atoms with van der Waals surface area (Å²) < 4.78 is 24.9. The molecule has 2 N–H and O–H groups in total. The molecular formula is C15H13F2N3. The van der Waals surface area contributed by atoms with Crippen molar-refractivity contribution in [1.29, 1.82) is 0 Å². The van der Waals surface area contributed by atoms with E-state index >= 15 is 0 Å². The predicted octanol–water partition coefficient (Wildman–Crippen LogP) is 4.11. The third-order valence-corrected chi connectivity index (χ3v) is 3.19. The van der Waals surface area contributed by atoms with Crippen LogP contribution < -0.4 is 5.32 Å². The molecule has 1 heterocycles. The van der Waals surface area contributed by atoms with E-state index in [9.17, 15) is 8.78 Å². The number of benzene rings is 2. The van der Waals surface area contributed by atoms with Gasteiger partial charge in [-0.2, -0.15) is 5.10 Å². The fraction of sp³-hybridized carbons (Fsp3) is 0.133. The first kappa shape index (κ1) is 12.6. The van der Waals surface area contributed by atoms with Gasteiger partial charge in [-0.1, -0.05) is 36.4 Å². The van der Waals surface area contributed by atoms with Gasteiger partial charge in [0.05, 0.1) is 17.4 Å². The molecule has 0 saturated carbocycles. The lowest BCUT2D eigenvalue weighted by molar-refractivity contribution is 0.151. The average molecular weight is 273 g/mol. The van der Waals surface area contributed by atoms with E-state index < -0.39 is 6.43 Å². The topological polar surface area (TPSA) is 40.7 Å². The fourth-order valence-corrected chi connectivity index (χ4v) is 2.09. The van der Waals surface area contributed by atoms with Crippen LogP contribution in [0.2, 0.25) is 0 Å². The van der Waals surface area contributed by atoms with Crippen LogP contribution in [0, 0.1) is 0 Å². The average Bonchev–Trinajstić information content (AvgIpc) is 2.94. The normalized spacial score (nSPS) is 11.2. The van der Waals surface area contributed by atoms with Crippen molar-refractivity contribution < 1.29 is 8.78 Å². The van der Waals surface area contributed by atoms with Crippen molar-refractivity contribution in [2.75, 3.05) is 5.32 Å². The van der Waals surface area contributed by atoms with Gasteiger partial charge in [-0.25, -0.2) is 8.78 Å². The molecule has 20 heavy (non-hydrogen) atoms. The number of aromatic nitrogens is 2. The first-order chi connectivity index (χ1) is 9.74. The third kappa shape index (κ3) is 2.47. The number of anilines is 1. The van der Waals surface area contributed by atoms with Gasteiger partial charge in [-0.3, -0.25) is 5.10 Å². The highest BCUT2D eigenvalue weighted by Crippen LogP contribution is 2.22. The van der Waals surface area contributed by atoms with E-state index in [1.54, 1.807) is 18.3 Å². The van der Waals surface area contributed by atoms with Gasteiger partial charge in [-0.15, -0.1) is 0 Å². The van der Waals surface area contributed by atoms with Crippen LogP contribution in [-0.2, 0) is 6.54 Å². The molecule has 2 aromatic carbocycles. The molecule has 0 spiro atoms. The largest absolute Gasteiger partial charge is 0.379 e. The molecule has 0 aliphatic heterocycles. The maximum atomic E-state index is 12.5. The van der Waals surface area contributed by atoms with Crippen molar-refractivity contribution in [2.24, 2.45) is 0 Å². The van der Waals surface area contributed by atoms with Crippen LogP contribution in [0.3, 0.4) is 0 Å². The van der Waals surface area contributed by atoms with Gasteiger partial charge in [0.2, 0.25) is 0 Å². The van der Waals surface area contributed by atoms with Gasteiger partial charge in [-0.05, 0) is 11.6 Å². The number of nitrogens with one attached hydrogen (secondary N) is 2. The van der Waals surface area contributed by atoms with Crippen LogP contribution in [0.25, 0.3) is 10.9 Å². The Labute approximate surface area is 114 Å². The zero-order valence-electron chi connectivity index (χ0n) is 10.6. The number of alkyl halides is 2. The van der Waals surface area contributed by atoms with Crippen LogP contribution in [0.15, 0.2) is 48.7 Å². The highest BCUT2D eigenvalue weighted by molar-refractivity contribution is 5.89. The molecule has 3 aromatic rings. The molecule has 0 bridgehead atoms. The number of rotatable bonds is 4. The van der Waals surface area contributed by atoms with Crippen LogP contribution in [-0.4, -0.2) is 10.2 Å². The predicted molar refractivity (Wildman–Crippen MR) is 74.8 cm³/mol. The molecule has 1 aromatic heterocycles. The van der Waals surface area contributed by atoms with E-state index in [0.717, 1.165) is 22.2 Å². The highest BCUT2D eigenvalue weighted by Gasteiger charge is 2.06. The Kier molecular flexibility index (Phi) is 3.33. The lowest BCUT2D eigenvalue weighted by Crippen LogP contribution is -2.00. The Bertz CT molecular complexity index is 704. The zero-order valence-corrected chi connectivity index (χ0v) is 10.6. The number of aromatic amines is 1. The molecule has 5 heteroatoms. The quantitative estimate of drug-likeness (QED) is 0.751. The van der Waals surface area contributed by atoms with Crippen molar-refractivity contribution in [3.63, 3.8) is 0 Å². The summed E-state index contributed by atoms with van der Waals surface area (Å²) in [6.07, 6.45) is -0.659. The van der Waals surface area contributed by atoms with Gasteiger partial charge in [0.1, 0.15) is 0 Å². The molecular weight excluding hydrogens is 260 g/mol. The second-order valence-electron chi connectivity index (χ2n) is 4.54. The Balaban J connectivity index is 1.74. The number of hydrogen-bond acceptors (Lipinski definition) is 2. The maximum Gasteiger partial charge on any atom is 0.263 e. The minimum Gasteiger partial charge on any atom is -0.379 e. The van der Waals surface area contributed by atoms with Crippen molar-refractivity contribution in [2.45, 2.75) is 13.0 Å². The molecule has 0 atom stereocenters. The minimum absolute atomic E-state index is 0.0458. The van der Waals surface area contributed by atoms with E-state index in [4.69, 9.17) is 0 Å². The van der Waals surface area contributed by atoms with E-state index in [0.29, 0.717) is 6.54 Å². The van der Waals surface area contributed by atoms with Gasteiger partial charge >= 0.3 is 0 Å². The Morgan fingerprint density at radius 2 is 1.90 bits per heavy atom. The summed E-state index contributed by atoms with van der Waals surface area (Å²) in [6, 6.07) is 12.2. The van der Waals surface area contributed by atoms with Crippen LogP contribution in [0.5, 0.6) is 0 Å². The van der Waals surface area contributed by atoms with Gasteiger partial charge in [0, 0.05) is 17.5 Å². The number of fused-ring (bicyclic) bond motifs is 1. The standard InChI is InChI=1S/C15H13F2N3/c16-15(17)11-6-4-10(5-7-11)8-18-13-3-1-2-12-9-19-20-14(12)13/h1-7,9,15,18H,8H2,(H,19,20). The Hall–Kier alpha value is -2.43. The highest BCUT2D eigenvalue weighted by atomic mass is 19.3. The van der Waals surface area contributed by atoms with Crippen LogP contribution in [0.1, 0.15) is 17.6 Å². The number of hydrogen-bond donors (Lipinski definition) is 2. The second kappa shape index (κ2) is 5.28. The zero-order chi connectivity index (χ0) is 13.9. The molecule has 0 amide bonds. The minimum atomic E-state index is -2.42. The first-order valence-corrected chi connectivity index (χ1v) is 6.27. The summed E-state index contributed by atoms with van der Waals surface area (Å²) in [4.78, 5) is 0. The van der Waals surface area contributed by atoms with Crippen molar-refractivity contribution in [3.8, 4) is 0 Å². The van der Waals surface area contributed by atoms with Crippen molar-refractivity contribution in [1.82, 2.24) is 10.2 Å². The van der Waals surface area contributed by atoms with Gasteiger partial charge < -0.3 is 5.32 Å². The molecule has 0 aliphatic carbocycles. The molecule has 3 rings (SSSR count). The summed E-state index contributed by atoms with van der Waals surface area (Å²) in [5.41, 5.74) is 2.88. The Morgan fingerprint density at radius 3 is 2.65 bits per heavy atom. The summed E-state index contributed by atoms with van der Waals surface area (Å²) in [5.74, 6) is 0. The Morgan fingerprint density at radius 1 is 1.10 bits per heavy atom.